The highest BCUT2D eigenvalue weighted by Gasteiger charge is 2.23. The number of aryl methyl sites for hydroxylation is 2. The van der Waals surface area contributed by atoms with Gasteiger partial charge in [-0.3, -0.25) is 24.1 Å². The van der Waals surface area contributed by atoms with Crippen LogP contribution in [0.3, 0.4) is 0 Å². The first-order valence-corrected chi connectivity index (χ1v) is 18.5. The van der Waals surface area contributed by atoms with Gasteiger partial charge >= 0.3 is 11.9 Å². The first-order valence-electron chi connectivity index (χ1n) is 18.5. The van der Waals surface area contributed by atoms with Gasteiger partial charge in [-0.25, -0.2) is 0 Å². The molecule has 4 aromatic carbocycles. The summed E-state index contributed by atoms with van der Waals surface area (Å²) in [7, 11) is 0. The van der Waals surface area contributed by atoms with Crippen LogP contribution in [0, 0.1) is 37.5 Å². The molecule has 3 N–H and O–H groups in total. The van der Waals surface area contributed by atoms with Gasteiger partial charge in [-0.05, 0) is 86.4 Å². The summed E-state index contributed by atoms with van der Waals surface area (Å²) in [6, 6.07) is 25.2. The molecule has 0 bridgehead atoms. The third-order valence-electron chi connectivity index (χ3n) is 9.80. The fourth-order valence-corrected chi connectivity index (χ4v) is 6.89. The highest BCUT2D eigenvalue weighted by atomic mass is 16.4. The molecular formula is C46H39N3O8. The minimum Gasteiger partial charge on any atom is -0.481 e. The summed E-state index contributed by atoms with van der Waals surface area (Å²) >= 11 is 0. The van der Waals surface area contributed by atoms with E-state index in [0.29, 0.717) is 89.6 Å². The smallest absolute Gasteiger partial charge is 0.308 e. The normalized spacial score (nSPS) is 12.8. The number of rotatable bonds is 9. The average molecular weight is 762 g/mol. The van der Waals surface area contributed by atoms with Crippen LogP contribution in [0.4, 0.5) is 0 Å². The molecule has 0 spiro atoms. The van der Waals surface area contributed by atoms with Crippen molar-refractivity contribution >= 4 is 45.7 Å². The Hall–Kier alpha value is -7.08. The number of carboxylic acid groups (broad SMARTS) is 2. The largest absolute Gasteiger partial charge is 0.481 e. The molecule has 0 aliphatic carbocycles. The fourth-order valence-electron chi connectivity index (χ4n) is 6.89. The van der Waals surface area contributed by atoms with Gasteiger partial charge in [0.1, 0.15) is 11.2 Å². The van der Waals surface area contributed by atoms with Crippen molar-refractivity contribution in [1.82, 2.24) is 15.1 Å². The van der Waals surface area contributed by atoms with Gasteiger partial charge in [0.2, 0.25) is 0 Å². The Bertz CT molecular complexity index is 2670. The number of benzene rings is 4. The Morgan fingerprint density at radius 2 is 1.16 bits per heavy atom. The summed E-state index contributed by atoms with van der Waals surface area (Å²) < 4.78 is 11.8. The van der Waals surface area contributed by atoms with E-state index in [9.17, 15) is 29.4 Å². The second-order valence-corrected chi connectivity index (χ2v) is 14.0. The van der Waals surface area contributed by atoms with Crippen molar-refractivity contribution in [3.8, 4) is 23.7 Å². The Morgan fingerprint density at radius 3 is 1.68 bits per heavy atom. The van der Waals surface area contributed by atoms with E-state index >= 15 is 0 Å². The summed E-state index contributed by atoms with van der Waals surface area (Å²) in [6.45, 7) is 7.24. The molecule has 1 aliphatic rings. The number of carboxylic acids is 2. The lowest BCUT2D eigenvalue weighted by Gasteiger charge is -2.34. The van der Waals surface area contributed by atoms with E-state index in [1.165, 1.54) is 0 Å². The van der Waals surface area contributed by atoms with Crippen molar-refractivity contribution in [2.75, 3.05) is 39.3 Å². The molecule has 0 radical (unpaired) electrons. The quantitative estimate of drug-likeness (QED) is 0.150. The van der Waals surface area contributed by atoms with Crippen molar-refractivity contribution in [1.29, 1.82) is 0 Å². The lowest BCUT2D eigenvalue weighted by Crippen LogP contribution is -2.50. The molecule has 0 atom stereocenters. The standard InChI is InChI=1S/C46H39N3O8/c1-29-9-13-39-35(23-29)37(27-43(50)51)41(56-39)15-11-31-5-3-7-33(25-31)45(54)47-17-18-48-19-21-49(22-20-48)46(55)34-8-4-6-32(26-34)12-16-42-38(28-44(52)53)36-24-30(2)10-14-40(36)57-42/h3-10,13-14,23-26H,17-22,27-28H2,1-2H3,(H,47,54)(H,50,51)(H,52,53). The van der Waals surface area contributed by atoms with Crippen LogP contribution in [0.1, 0.15) is 65.6 Å². The van der Waals surface area contributed by atoms with Gasteiger partial charge in [-0.1, -0.05) is 47.2 Å². The minimum atomic E-state index is -0.979. The Kier molecular flexibility index (Phi) is 11.2. The summed E-state index contributed by atoms with van der Waals surface area (Å²) in [6.07, 6.45) is -0.433. The number of furan rings is 2. The van der Waals surface area contributed by atoms with Gasteiger partial charge in [0.05, 0.1) is 12.8 Å². The maximum Gasteiger partial charge on any atom is 0.308 e. The highest BCUT2D eigenvalue weighted by molar-refractivity contribution is 5.95. The molecule has 1 fully saturated rings. The van der Waals surface area contributed by atoms with Crippen LogP contribution in [-0.4, -0.2) is 83.0 Å². The molecular weight excluding hydrogens is 723 g/mol. The second kappa shape index (κ2) is 16.7. The maximum absolute atomic E-state index is 13.5. The molecule has 1 saturated heterocycles. The van der Waals surface area contributed by atoms with E-state index < -0.39 is 11.9 Å². The summed E-state index contributed by atoms with van der Waals surface area (Å²) in [4.78, 5) is 53.7. The van der Waals surface area contributed by atoms with E-state index in [4.69, 9.17) is 8.83 Å². The monoisotopic (exact) mass is 761 g/mol. The van der Waals surface area contributed by atoms with Crippen LogP contribution < -0.4 is 5.32 Å². The number of hydrogen-bond donors (Lipinski definition) is 3. The van der Waals surface area contributed by atoms with Crippen molar-refractivity contribution in [3.05, 3.63) is 141 Å². The predicted molar refractivity (Wildman–Crippen MR) is 214 cm³/mol. The number of carbonyl (C=O) groups is 4. The SMILES string of the molecule is Cc1ccc2oc(C#Cc3cccc(C(=O)NCCN4CCN(C(=O)c5cccc(C#Cc6oc7ccc(C)cc7c6CC(=O)O)c5)CC4)c3)c(CC(=O)O)c2c1. The lowest BCUT2D eigenvalue weighted by atomic mass is 10.1. The number of hydrogen-bond acceptors (Lipinski definition) is 7. The topological polar surface area (TPSA) is 154 Å². The van der Waals surface area contributed by atoms with Crippen molar-refractivity contribution in [2.45, 2.75) is 26.7 Å². The fraction of sp³-hybridized carbons (Fsp3) is 0.217. The van der Waals surface area contributed by atoms with Crippen LogP contribution in [-0.2, 0) is 22.4 Å². The number of nitrogens with one attached hydrogen (secondary N) is 1. The van der Waals surface area contributed by atoms with Crippen LogP contribution in [0.25, 0.3) is 21.9 Å². The molecule has 2 amide bonds. The molecule has 3 heterocycles. The van der Waals surface area contributed by atoms with Gasteiger partial charge in [0.25, 0.3) is 11.8 Å². The zero-order valence-corrected chi connectivity index (χ0v) is 31.5. The highest BCUT2D eigenvalue weighted by Crippen LogP contribution is 2.28. The van der Waals surface area contributed by atoms with E-state index in [1.807, 2.05) is 44.2 Å². The zero-order valence-electron chi connectivity index (χ0n) is 31.5. The summed E-state index contributed by atoms with van der Waals surface area (Å²) in [5.74, 6) is 10.3. The van der Waals surface area contributed by atoms with Gasteiger partial charge in [0.15, 0.2) is 11.5 Å². The van der Waals surface area contributed by atoms with Crippen molar-refractivity contribution < 1.29 is 38.2 Å². The van der Waals surface area contributed by atoms with Crippen LogP contribution >= 0.6 is 0 Å². The molecule has 57 heavy (non-hydrogen) atoms. The second-order valence-electron chi connectivity index (χ2n) is 14.0. The third kappa shape index (κ3) is 9.08. The Balaban J connectivity index is 0.919. The van der Waals surface area contributed by atoms with Gasteiger partial charge < -0.3 is 29.3 Å². The number of fused-ring (bicyclic) bond motifs is 2. The maximum atomic E-state index is 13.5. The van der Waals surface area contributed by atoms with E-state index in [0.717, 1.165) is 21.9 Å². The molecule has 11 nitrogen and oxygen atoms in total. The van der Waals surface area contributed by atoms with Gasteiger partial charge in [-0.2, -0.15) is 0 Å². The molecule has 6 aromatic rings. The lowest BCUT2D eigenvalue weighted by molar-refractivity contribution is -0.137. The molecule has 11 heteroatoms. The van der Waals surface area contributed by atoms with E-state index in [1.54, 1.807) is 59.5 Å². The van der Waals surface area contributed by atoms with Crippen LogP contribution in [0.15, 0.2) is 93.8 Å². The number of piperazine rings is 1. The predicted octanol–water partition coefficient (Wildman–Crippen LogP) is 6.04. The zero-order chi connectivity index (χ0) is 40.1. The number of carbonyl (C=O) groups excluding carboxylic acids is 2. The van der Waals surface area contributed by atoms with E-state index in [-0.39, 0.29) is 30.4 Å². The number of amides is 2. The molecule has 0 unspecified atom stereocenters. The first kappa shape index (κ1) is 38.2. The van der Waals surface area contributed by atoms with Crippen molar-refractivity contribution in [3.63, 3.8) is 0 Å². The Morgan fingerprint density at radius 1 is 0.649 bits per heavy atom. The molecule has 1 aliphatic heterocycles. The van der Waals surface area contributed by atoms with Crippen LogP contribution in [0.5, 0.6) is 0 Å². The van der Waals surface area contributed by atoms with Gasteiger partial charge in [0, 0.05) is 83.4 Å². The Labute approximate surface area is 328 Å². The summed E-state index contributed by atoms with van der Waals surface area (Å²) in [5, 5.41) is 23.4. The molecule has 286 valence electrons. The minimum absolute atomic E-state index is 0.103. The summed E-state index contributed by atoms with van der Waals surface area (Å²) in [5.41, 5.74) is 6.32. The first-order chi connectivity index (χ1) is 27.5. The van der Waals surface area contributed by atoms with Crippen molar-refractivity contribution in [2.24, 2.45) is 0 Å². The molecule has 7 rings (SSSR count). The third-order valence-corrected chi connectivity index (χ3v) is 9.80. The number of aliphatic carboxylic acids is 2. The number of nitrogens with zero attached hydrogens (tertiary/aromatic N) is 2. The van der Waals surface area contributed by atoms with Gasteiger partial charge in [-0.15, -0.1) is 0 Å². The average Bonchev–Trinajstić information content (AvgIpc) is 3.71. The van der Waals surface area contributed by atoms with Crippen LogP contribution in [0.2, 0.25) is 0 Å². The van der Waals surface area contributed by atoms with E-state index in [2.05, 4.69) is 33.9 Å². The molecule has 2 aromatic heterocycles. The molecule has 0 saturated carbocycles.